The van der Waals surface area contributed by atoms with Gasteiger partial charge in [-0.3, -0.25) is 4.21 Å². The number of hydrogen-bond donors (Lipinski definition) is 1. The van der Waals surface area contributed by atoms with Crippen molar-refractivity contribution >= 4 is 10.8 Å². The van der Waals surface area contributed by atoms with Crippen molar-refractivity contribution in [2.75, 3.05) is 0 Å². The molecule has 4 heteroatoms. The molecule has 0 radical (unpaired) electrons. The van der Waals surface area contributed by atoms with E-state index in [9.17, 15) is 4.21 Å². The van der Waals surface area contributed by atoms with Gasteiger partial charge in [0.05, 0.1) is 12.3 Å². The lowest BCUT2D eigenvalue weighted by molar-refractivity contribution is 0.456. The molecule has 0 saturated heterocycles. The van der Waals surface area contributed by atoms with Crippen LogP contribution in [0.4, 0.5) is 0 Å². The Labute approximate surface area is 105 Å². The standard InChI is InChI=1S/C13H21NO2S/c1-13(2,3)17(15)9-12-7-6-11(16-12)8-14-10-4-5-10/h6-7,10,14H,4-5,8-9H2,1-3H3. The summed E-state index contributed by atoms with van der Waals surface area (Å²) in [6, 6.07) is 4.60. The average molecular weight is 255 g/mol. The molecule has 1 unspecified atom stereocenters. The molecule has 2 rings (SSSR count). The van der Waals surface area contributed by atoms with Crippen LogP contribution in [0, 0.1) is 0 Å². The molecular weight excluding hydrogens is 234 g/mol. The van der Waals surface area contributed by atoms with Crippen molar-refractivity contribution in [3.63, 3.8) is 0 Å². The topological polar surface area (TPSA) is 42.2 Å². The molecule has 0 amide bonds. The van der Waals surface area contributed by atoms with Gasteiger partial charge in [0.25, 0.3) is 0 Å². The van der Waals surface area contributed by atoms with Gasteiger partial charge >= 0.3 is 0 Å². The van der Waals surface area contributed by atoms with Gasteiger partial charge in [-0.2, -0.15) is 0 Å². The maximum absolute atomic E-state index is 12.0. The number of hydrogen-bond acceptors (Lipinski definition) is 3. The first-order valence-corrected chi connectivity index (χ1v) is 7.46. The Morgan fingerprint density at radius 1 is 1.35 bits per heavy atom. The molecule has 1 aromatic heterocycles. The van der Waals surface area contributed by atoms with Crippen molar-refractivity contribution in [3.05, 3.63) is 23.7 Å². The molecular formula is C13H21NO2S. The molecule has 96 valence electrons. The summed E-state index contributed by atoms with van der Waals surface area (Å²) in [6.07, 6.45) is 2.56. The molecule has 1 aliphatic carbocycles. The second-order valence-corrected chi connectivity index (χ2v) is 7.83. The highest BCUT2D eigenvalue weighted by molar-refractivity contribution is 7.85. The molecule has 1 heterocycles. The first-order valence-electron chi connectivity index (χ1n) is 6.14. The molecule has 1 N–H and O–H groups in total. The van der Waals surface area contributed by atoms with Crippen molar-refractivity contribution in [3.8, 4) is 0 Å². The highest BCUT2D eigenvalue weighted by atomic mass is 32.2. The van der Waals surface area contributed by atoms with Gasteiger partial charge < -0.3 is 9.73 Å². The van der Waals surface area contributed by atoms with E-state index < -0.39 is 10.8 Å². The van der Waals surface area contributed by atoms with Gasteiger partial charge in [0.2, 0.25) is 0 Å². The Morgan fingerprint density at radius 3 is 2.59 bits per heavy atom. The summed E-state index contributed by atoms with van der Waals surface area (Å²) in [5.74, 6) is 2.27. The molecule has 17 heavy (non-hydrogen) atoms. The summed E-state index contributed by atoms with van der Waals surface area (Å²) in [7, 11) is -0.890. The molecule has 1 saturated carbocycles. The van der Waals surface area contributed by atoms with Crippen LogP contribution in [0.5, 0.6) is 0 Å². The third-order valence-corrected chi connectivity index (χ3v) is 4.73. The van der Waals surface area contributed by atoms with Crippen LogP contribution in [0.25, 0.3) is 0 Å². The zero-order chi connectivity index (χ0) is 12.5. The Balaban J connectivity index is 1.86. The average Bonchev–Trinajstić information content (AvgIpc) is 2.95. The zero-order valence-corrected chi connectivity index (χ0v) is 11.6. The summed E-state index contributed by atoms with van der Waals surface area (Å²) in [5.41, 5.74) is 0. The molecule has 0 bridgehead atoms. The second kappa shape index (κ2) is 4.94. The van der Waals surface area contributed by atoms with Crippen molar-refractivity contribution < 1.29 is 8.63 Å². The summed E-state index contributed by atoms with van der Waals surface area (Å²) in [6.45, 7) is 6.75. The van der Waals surface area contributed by atoms with Gasteiger partial charge in [0.15, 0.2) is 0 Å². The van der Waals surface area contributed by atoms with E-state index in [-0.39, 0.29) is 4.75 Å². The van der Waals surface area contributed by atoms with Gasteiger partial charge in [-0.25, -0.2) is 0 Å². The normalized spacial score (nSPS) is 18.3. The minimum Gasteiger partial charge on any atom is -0.464 e. The Bertz CT molecular complexity index is 402. The van der Waals surface area contributed by atoms with Crippen LogP contribution in [0.2, 0.25) is 0 Å². The number of furan rings is 1. The van der Waals surface area contributed by atoms with Crippen molar-refractivity contribution in [2.45, 2.75) is 56.7 Å². The number of nitrogens with one attached hydrogen (secondary N) is 1. The minimum atomic E-state index is -0.890. The first kappa shape index (κ1) is 12.8. The fourth-order valence-corrected chi connectivity index (χ4v) is 2.32. The first-order chi connectivity index (χ1) is 7.95. The van der Waals surface area contributed by atoms with E-state index in [1.165, 1.54) is 12.8 Å². The Kier molecular flexibility index (Phi) is 3.73. The van der Waals surface area contributed by atoms with Gasteiger partial charge in [-0.1, -0.05) is 0 Å². The Hall–Kier alpha value is -0.610. The largest absolute Gasteiger partial charge is 0.464 e. The van der Waals surface area contributed by atoms with Crippen LogP contribution in [-0.4, -0.2) is 15.0 Å². The van der Waals surface area contributed by atoms with Crippen molar-refractivity contribution in [1.82, 2.24) is 5.32 Å². The molecule has 1 aromatic rings. The fourth-order valence-electron chi connectivity index (χ4n) is 1.47. The monoisotopic (exact) mass is 255 g/mol. The zero-order valence-electron chi connectivity index (χ0n) is 10.8. The van der Waals surface area contributed by atoms with E-state index in [1.54, 1.807) is 0 Å². The van der Waals surface area contributed by atoms with Crippen LogP contribution in [0.3, 0.4) is 0 Å². The lowest BCUT2D eigenvalue weighted by atomic mass is 10.3. The Morgan fingerprint density at radius 2 is 2.00 bits per heavy atom. The van der Waals surface area contributed by atoms with Gasteiger partial charge in [0.1, 0.15) is 11.5 Å². The predicted octanol–water partition coefficient (Wildman–Crippen LogP) is 2.58. The van der Waals surface area contributed by atoms with E-state index in [2.05, 4.69) is 5.32 Å². The van der Waals surface area contributed by atoms with E-state index in [0.717, 1.165) is 18.1 Å². The van der Waals surface area contributed by atoms with Gasteiger partial charge in [-0.05, 0) is 45.7 Å². The van der Waals surface area contributed by atoms with Crippen molar-refractivity contribution in [2.24, 2.45) is 0 Å². The molecule has 0 aliphatic heterocycles. The van der Waals surface area contributed by atoms with Crippen molar-refractivity contribution in [1.29, 1.82) is 0 Å². The molecule has 1 atom stereocenters. The summed E-state index contributed by atoms with van der Waals surface area (Å²) >= 11 is 0. The van der Waals surface area contributed by atoms with E-state index in [0.29, 0.717) is 11.8 Å². The van der Waals surface area contributed by atoms with Gasteiger partial charge in [-0.15, -0.1) is 0 Å². The predicted molar refractivity (Wildman–Crippen MR) is 70.2 cm³/mol. The maximum Gasteiger partial charge on any atom is 0.118 e. The van der Waals surface area contributed by atoms with Crippen LogP contribution < -0.4 is 5.32 Å². The molecule has 0 spiro atoms. The third-order valence-electron chi connectivity index (χ3n) is 2.82. The lowest BCUT2D eigenvalue weighted by Gasteiger charge is -2.16. The highest BCUT2D eigenvalue weighted by Gasteiger charge is 2.22. The summed E-state index contributed by atoms with van der Waals surface area (Å²) < 4.78 is 17.4. The van der Waals surface area contributed by atoms with Crippen LogP contribution in [0.15, 0.2) is 16.5 Å². The molecule has 1 fully saturated rings. The van der Waals surface area contributed by atoms with E-state index >= 15 is 0 Å². The smallest absolute Gasteiger partial charge is 0.118 e. The minimum absolute atomic E-state index is 0.181. The third kappa shape index (κ3) is 3.96. The van der Waals surface area contributed by atoms with Crippen LogP contribution >= 0.6 is 0 Å². The summed E-state index contributed by atoms with van der Waals surface area (Å²) in [5, 5.41) is 3.40. The molecule has 0 aromatic carbocycles. The highest BCUT2D eigenvalue weighted by Crippen LogP contribution is 2.21. The fraction of sp³-hybridized carbons (Fsp3) is 0.692. The molecule has 3 nitrogen and oxygen atoms in total. The molecule has 1 aliphatic rings. The summed E-state index contributed by atoms with van der Waals surface area (Å²) in [4.78, 5) is 0. The van der Waals surface area contributed by atoms with Gasteiger partial charge in [0, 0.05) is 21.6 Å². The number of rotatable bonds is 5. The van der Waals surface area contributed by atoms with E-state index in [4.69, 9.17) is 4.42 Å². The van der Waals surface area contributed by atoms with E-state index in [1.807, 2.05) is 32.9 Å². The quantitative estimate of drug-likeness (QED) is 0.879. The van der Waals surface area contributed by atoms with Crippen LogP contribution in [-0.2, 0) is 23.1 Å². The SMILES string of the molecule is CC(C)(C)S(=O)Cc1ccc(CNC2CC2)o1. The van der Waals surface area contributed by atoms with Crippen LogP contribution in [0.1, 0.15) is 45.1 Å². The lowest BCUT2D eigenvalue weighted by Crippen LogP contribution is -2.22. The second-order valence-electron chi connectivity index (χ2n) is 5.63. The maximum atomic E-state index is 12.0.